The van der Waals surface area contributed by atoms with Gasteiger partial charge in [-0.3, -0.25) is 0 Å². The van der Waals surface area contributed by atoms with Gasteiger partial charge in [0, 0.05) is 24.1 Å². The van der Waals surface area contributed by atoms with Crippen molar-refractivity contribution in [1.82, 2.24) is 5.32 Å². The zero-order valence-electron chi connectivity index (χ0n) is 12.3. The highest BCUT2D eigenvalue weighted by molar-refractivity contribution is 6.30. The summed E-state index contributed by atoms with van der Waals surface area (Å²) in [4.78, 5) is 0. The molecule has 0 aliphatic carbocycles. The van der Waals surface area contributed by atoms with E-state index in [0.717, 1.165) is 19.0 Å². The van der Waals surface area contributed by atoms with E-state index in [1.165, 1.54) is 12.1 Å². The Balaban J connectivity index is 2.21. The van der Waals surface area contributed by atoms with E-state index in [-0.39, 0.29) is 23.3 Å². The number of alkyl halides is 3. The van der Waals surface area contributed by atoms with Crippen molar-refractivity contribution in [3.8, 4) is 5.75 Å². The lowest BCUT2D eigenvalue weighted by atomic mass is 10.0. The zero-order chi connectivity index (χ0) is 16.2. The molecule has 2 rings (SSSR count). The van der Waals surface area contributed by atoms with Crippen LogP contribution in [0.3, 0.4) is 0 Å². The molecule has 0 aromatic heterocycles. The zero-order valence-corrected chi connectivity index (χ0v) is 13.0. The van der Waals surface area contributed by atoms with Crippen molar-refractivity contribution in [3.05, 3.63) is 28.8 Å². The summed E-state index contributed by atoms with van der Waals surface area (Å²) in [5.74, 6) is -0.0724. The van der Waals surface area contributed by atoms with Crippen LogP contribution in [0.15, 0.2) is 18.2 Å². The van der Waals surface area contributed by atoms with Gasteiger partial charge in [0.05, 0.1) is 12.2 Å². The van der Waals surface area contributed by atoms with Crippen LogP contribution >= 0.6 is 11.6 Å². The van der Waals surface area contributed by atoms with Gasteiger partial charge < -0.3 is 14.8 Å². The highest BCUT2D eigenvalue weighted by atomic mass is 35.5. The number of halogens is 4. The number of hydrogen-bond donors (Lipinski definition) is 1. The molecule has 0 amide bonds. The molecule has 1 aromatic rings. The van der Waals surface area contributed by atoms with E-state index in [4.69, 9.17) is 21.1 Å². The van der Waals surface area contributed by atoms with Gasteiger partial charge in [-0.2, -0.15) is 13.2 Å². The van der Waals surface area contributed by atoms with E-state index in [1.54, 1.807) is 0 Å². The maximum absolute atomic E-state index is 13.1. The van der Waals surface area contributed by atoms with E-state index in [9.17, 15) is 13.2 Å². The number of ether oxygens (including phenoxy) is 2. The Labute approximate surface area is 132 Å². The quantitative estimate of drug-likeness (QED) is 0.857. The number of nitrogens with one attached hydrogen (secondary N) is 1. The molecule has 1 saturated heterocycles. The smallest absolute Gasteiger partial charge is 0.420 e. The van der Waals surface area contributed by atoms with E-state index in [2.05, 4.69) is 5.32 Å². The minimum atomic E-state index is -4.51. The molecule has 0 saturated carbocycles. The fourth-order valence-electron chi connectivity index (χ4n) is 2.48. The molecule has 1 aliphatic heterocycles. The highest BCUT2D eigenvalue weighted by Gasteiger charge is 2.36. The summed E-state index contributed by atoms with van der Waals surface area (Å²) >= 11 is 5.68. The van der Waals surface area contributed by atoms with E-state index in [0.29, 0.717) is 13.2 Å². The molecular formula is C15H19ClF3NO2. The molecule has 124 valence electrons. The van der Waals surface area contributed by atoms with Crippen molar-refractivity contribution in [2.24, 2.45) is 5.92 Å². The fraction of sp³-hybridized carbons (Fsp3) is 0.600. The molecule has 0 radical (unpaired) electrons. The third-order valence-electron chi connectivity index (χ3n) is 3.64. The minimum absolute atomic E-state index is 0.0311. The maximum atomic E-state index is 13.1. The van der Waals surface area contributed by atoms with Crippen LogP contribution in [0.2, 0.25) is 5.02 Å². The van der Waals surface area contributed by atoms with Crippen molar-refractivity contribution in [2.75, 3.05) is 26.3 Å². The molecule has 2 atom stereocenters. The minimum Gasteiger partial charge on any atom is -0.487 e. The maximum Gasteiger partial charge on any atom is 0.420 e. The summed E-state index contributed by atoms with van der Waals surface area (Å²) in [5.41, 5.74) is -0.854. The molecule has 1 fully saturated rings. The van der Waals surface area contributed by atoms with Crippen LogP contribution in [0.5, 0.6) is 5.75 Å². The standard InChI is InChI=1S/C15H19ClF3NO2/c1-2-21-9-14(10-5-6-20-8-10)22-13-4-3-11(16)7-12(13)15(17,18)19/h3-4,7,10,14,20H,2,5-6,8-9H2,1H3/t10?,14-/m0/s1. The lowest BCUT2D eigenvalue weighted by Crippen LogP contribution is -2.34. The second kappa shape index (κ2) is 7.53. The largest absolute Gasteiger partial charge is 0.487 e. The van der Waals surface area contributed by atoms with Gasteiger partial charge in [-0.05, 0) is 38.1 Å². The second-order valence-electron chi connectivity index (χ2n) is 5.21. The lowest BCUT2D eigenvalue weighted by molar-refractivity contribution is -0.139. The molecule has 1 unspecified atom stereocenters. The summed E-state index contributed by atoms with van der Waals surface area (Å²) in [6.45, 7) is 4.15. The molecule has 22 heavy (non-hydrogen) atoms. The third-order valence-corrected chi connectivity index (χ3v) is 3.87. The molecule has 0 bridgehead atoms. The van der Waals surface area contributed by atoms with Crippen LogP contribution < -0.4 is 10.1 Å². The first kappa shape index (κ1) is 17.4. The van der Waals surface area contributed by atoms with E-state index >= 15 is 0 Å². The highest BCUT2D eigenvalue weighted by Crippen LogP contribution is 2.38. The van der Waals surface area contributed by atoms with Crippen LogP contribution in [0.25, 0.3) is 0 Å². The third kappa shape index (κ3) is 4.51. The normalized spacial score (nSPS) is 20.1. The van der Waals surface area contributed by atoms with Crippen LogP contribution in [0.4, 0.5) is 13.2 Å². The predicted octanol–water partition coefficient (Wildman–Crippen LogP) is 3.75. The first-order chi connectivity index (χ1) is 10.4. The summed E-state index contributed by atoms with van der Waals surface area (Å²) in [6.07, 6.45) is -4.07. The van der Waals surface area contributed by atoms with Gasteiger partial charge in [0.15, 0.2) is 0 Å². The second-order valence-corrected chi connectivity index (χ2v) is 5.64. The van der Waals surface area contributed by atoms with Gasteiger partial charge in [-0.1, -0.05) is 11.6 Å². The summed E-state index contributed by atoms with van der Waals surface area (Å²) < 4.78 is 50.4. The average Bonchev–Trinajstić information content (AvgIpc) is 2.98. The Hall–Kier alpha value is -0.980. The van der Waals surface area contributed by atoms with Crippen molar-refractivity contribution >= 4 is 11.6 Å². The van der Waals surface area contributed by atoms with Gasteiger partial charge in [-0.25, -0.2) is 0 Å². The summed E-state index contributed by atoms with van der Waals surface area (Å²) in [6, 6.07) is 3.56. The van der Waals surface area contributed by atoms with Crippen molar-refractivity contribution < 1.29 is 22.6 Å². The van der Waals surface area contributed by atoms with Crippen LogP contribution in [-0.2, 0) is 10.9 Å². The topological polar surface area (TPSA) is 30.5 Å². The van der Waals surface area contributed by atoms with E-state index in [1.807, 2.05) is 6.92 Å². The number of rotatable bonds is 6. The molecule has 1 N–H and O–H groups in total. The molecule has 0 spiro atoms. The fourth-order valence-corrected chi connectivity index (χ4v) is 2.66. The summed E-state index contributed by atoms with van der Waals surface area (Å²) in [5, 5.41) is 3.22. The molecule has 1 heterocycles. The van der Waals surface area contributed by atoms with Crippen LogP contribution in [0.1, 0.15) is 18.9 Å². The first-order valence-corrected chi connectivity index (χ1v) is 7.61. The van der Waals surface area contributed by atoms with Crippen molar-refractivity contribution in [2.45, 2.75) is 25.6 Å². The van der Waals surface area contributed by atoms with Gasteiger partial charge >= 0.3 is 6.18 Å². The first-order valence-electron chi connectivity index (χ1n) is 7.23. The molecule has 7 heteroatoms. The molecular weight excluding hydrogens is 319 g/mol. The van der Waals surface area contributed by atoms with Crippen LogP contribution in [0, 0.1) is 5.92 Å². The van der Waals surface area contributed by atoms with E-state index < -0.39 is 17.8 Å². The van der Waals surface area contributed by atoms with Crippen LogP contribution in [-0.4, -0.2) is 32.4 Å². The Morgan fingerprint density at radius 2 is 2.18 bits per heavy atom. The molecule has 1 aliphatic rings. The van der Waals surface area contributed by atoms with Gasteiger partial charge in [-0.15, -0.1) is 0 Å². The predicted molar refractivity (Wildman–Crippen MR) is 78.3 cm³/mol. The van der Waals surface area contributed by atoms with Gasteiger partial charge in [0.2, 0.25) is 0 Å². The monoisotopic (exact) mass is 337 g/mol. The van der Waals surface area contributed by atoms with Crippen molar-refractivity contribution in [3.63, 3.8) is 0 Å². The lowest BCUT2D eigenvalue weighted by Gasteiger charge is -2.26. The van der Waals surface area contributed by atoms with Gasteiger partial charge in [0.25, 0.3) is 0 Å². The summed E-state index contributed by atoms with van der Waals surface area (Å²) in [7, 11) is 0. The Kier molecular flexibility index (Phi) is 5.94. The SMILES string of the molecule is CCOC[C@H](Oc1ccc(Cl)cc1C(F)(F)F)C1CCNC1. The molecule has 3 nitrogen and oxygen atoms in total. The Morgan fingerprint density at radius 1 is 1.41 bits per heavy atom. The number of hydrogen-bond acceptors (Lipinski definition) is 3. The van der Waals surface area contributed by atoms with Crippen molar-refractivity contribution in [1.29, 1.82) is 0 Å². The average molecular weight is 338 g/mol. The number of benzene rings is 1. The molecule has 1 aromatic carbocycles. The Morgan fingerprint density at radius 3 is 2.77 bits per heavy atom. The Bertz CT molecular complexity index is 490. The van der Waals surface area contributed by atoms with Gasteiger partial charge in [0.1, 0.15) is 11.9 Å².